The molecule has 0 bridgehead atoms. The van der Waals surface area contributed by atoms with Gasteiger partial charge in [-0.3, -0.25) is 0 Å². The monoisotopic (exact) mass is 284 g/mol. The molecule has 4 rings (SSSR count). The van der Waals surface area contributed by atoms with Gasteiger partial charge in [0.25, 0.3) is 0 Å². The SMILES string of the molecule is Cc1oc2ccc3ccccc3c2c1/C=C/c1ccccc1. The Balaban J connectivity index is 1.95. The summed E-state index contributed by atoms with van der Waals surface area (Å²) in [5.41, 5.74) is 3.30. The molecule has 1 heteroatoms. The summed E-state index contributed by atoms with van der Waals surface area (Å²) >= 11 is 0. The fourth-order valence-electron chi connectivity index (χ4n) is 2.95. The topological polar surface area (TPSA) is 13.1 Å². The van der Waals surface area contributed by atoms with Crippen molar-refractivity contribution in [2.75, 3.05) is 0 Å². The van der Waals surface area contributed by atoms with Crippen molar-refractivity contribution in [3.8, 4) is 0 Å². The maximum Gasteiger partial charge on any atom is 0.135 e. The number of rotatable bonds is 2. The third kappa shape index (κ3) is 2.11. The highest BCUT2D eigenvalue weighted by Crippen LogP contribution is 2.33. The predicted molar refractivity (Wildman–Crippen MR) is 93.8 cm³/mol. The molecule has 1 heterocycles. The van der Waals surface area contributed by atoms with Crippen molar-refractivity contribution in [2.45, 2.75) is 6.92 Å². The van der Waals surface area contributed by atoms with Crippen LogP contribution in [0.25, 0.3) is 33.9 Å². The summed E-state index contributed by atoms with van der Waals surface area (Å²) < 4.78 is 5.94. The summed E-state index contributed by atoms with van der Waals surface area (Å²) in [7, 11) is 0. The van der Waals surface area contributed by atoms with E-state index in [0.717, 1.165) is 16.9 Å². The first kappa shape index (κ1) is 12.9. The van der Waals surface area contributed by atoms with Crippen LogP contribution >= 0.6 is 0 Å². The Kier molecular flexibility index (Phi) is 3.05. The van der Waals surface area contributed by atoms with Crippen LogP contribution in [-0.2, 0) is 0 Å². The molecule has 0 saturated carbocycles. The highest BCUT2D eigenvalue weighted by molar-refractivity contribution is 6.10. The van der Waals surface area contributed by atoms with Crippen molar-refractivity contribution in [1.29, 1.82) is 0 Å². The Hall–Kier alpha value is -2.80. The van der Waals surface area contributed by atoms with E-state index in [1.807, 2.05) is 13.0 Å². The molecular formula is C21H16O. The lowest BCUT2D eigenvalue weighted by molar-refractivity contribution is 0.577. The van der Waals surface area contributed by atoms with Crippen molar-refractivity contribution < 1.29 is 4.42 Å². The van der Waals surface area contributed by atoms with Gasteiger partial charge in [0.15, 0.2) is 0 Å². The van der Waals surface area contributed by atoms with Gasteiger partial charge in [-0.05, 0) is 29.3 Å². The van der Waals surface area contributed by atoms with E-state index >= 15 is 0 Å². The quantitative estimate of drug-likeness (QED) is 0.435. The van der Waals surface area contributed by atoms with Gasteiger partial charge in [0, 0.05) is 10.9 Å². The van der Waals surface area contributed by atoms with Crippen LogP contribution in [0.2, 0.25) is 0 Å². The summed E-state index contributed by atoms with van der Waals surface area (Å²) in [5, 5.41) is 3.68. The zero-order valence-electron chi connectivity index (χ0n) is 12.4. The molecule has 0 aliphatic carbocycles. The van der Waals surface area contributed by atoms with Crippen molar-refractivity contribution in [1.82, 2.24) is 0 Å². The molecule has 0 amide bonds. The van der Waals surface area contributed by atoms with Crippen LogP contribution in [0.4, 0.5) is 0 Å². The van der Waals surface area contributed by atoms with E-state index in [1.54, 1.807) is 0 Å². The Morgan fingerprint density at radius 3 is 2.41 bits per heavy atom. The lowest BCUT2D eigenvalue weighted by Gasteiger charge is -2.00. The van der Waals surface area contributed by atoms with Crippen molar-refractivity contribution in [3.05, 3.63) is 83.6 Å². The molecule has 1 nitrogen and oxygen atoms in total. The minimum Gasteiger partial charge on any atom is -0.461 e. The lowest BCUT2D eigenvalue weighted by atomic mass is 10.0. The van der Waals surface area contributed by atoms with E-state index in [4.69, 9.17) is 4.42 Å². The average molecular weight is 284 g/mol. The molecule has 3 aromatic carbocycles. The van der Waals surface area contributed by atoms with E-state index in [-0.39, 0.29) is 0 Å². The average Bonchev–Trinajstić information content (AvgIpc) is 2.90. The molecular weight excluding hydrogens is 268 g/mol. The molecule has 0 aliphatic heterocycles. The molecule has 22 heavy (non-hydrogen) atoms. The van der Waals surface area contributed by atoms with E-state index in [1.165, 1.54) is 21.7 Å². The molecule has 0 fully saturated rings. The molecule has 0 unspecified atom stereocenters. The van der Waals surface area contributed by atoms with Crippen LogP contribution in [0, 0.1) is 6.92 Å². The van der Waals surface area contributed by atoms with Gasteiger partial charge in [-0.2, -0.15) is 0 Å². The van der Waals surface area contributed by atoms with Gasteiger partial charge in [0.2, 0.25) is 0 Å². The van der Waals surface area contributed by atoms with Crippen LogP contribution in [0.3, 0.4) is 0 Å². The Morgan fingerprint density at radius 2 is 1.55 bits per heavy atom. The second-order valence-corrected chi connectivity index (χ2v) is 5.48. The zero-order chi connectivity index (χ0) is 14.9. The molecule has 0 radical (unpaired) electrons. The van der Waals surface area contributed by atoms with Gasteiger partial charge < -0.3 is 4.42 Å². The second kappa shape index (κ2) is 5.19. The van der Waals surface area contributed by atoms with Crippen LogP contribution in [0.1, 0.15) is 16.9 Å². The van der Waals surface area contributed by atoms with Crippen molar-refractivity contribution in [3.63, 3.8) is 0 Å². The highest BCUT2D eigenvalue weighted by Gasteiger charge is 2.11. The standard InChI is InChI=1S/C21H16O/c1-15-18(13-11-16-7-3-2-4-8-16)21-19-10-6-5-9-17(19)12-14-20(21)22-15/h2-14H,1H3/b13-11+. The largest absolute Gasteiger partial charge is 0.461 e. The molecule has 0 spiro atoms. The third-order valence-electron chi connectivity index (χ3n) is 4.04. The normalized spacial score (nSPS) is 11.7. The second-order valence-electron chi connectivity index (χ2n) is 5.48. The number of benzene rings is 3. The van der Waals surface area contributed by atoms with Gasteiger partial charge in [-0.15, -0.1) is 0 Å². The van der Waals surface area contributed by atoms with Crippen LogP contribution < -0.4 is 0 Å². The maximum atomic E-state index is 5.94. The first-order valence-corrected chi connectivity index (χ1v) is 7.47. The summed E-state index contributed by atoms with van der Waals surface area (Å²) in [4.78, 5) is 0. The molecule has 0 saturated heterocycles. The van der Waals surface area contributed by atoms with Gasteiger partial charge in [0.1, 0.15) is 11.3 Å². The maximum absolute atomic E-state index is 5.94. The lowest BCUT2D eigenvalue weighted by Crippen LogP contribution is -1.77. The van der Waals surface area contributed by atoms with Gasteiger partial charge in [-0.1, -0.05) is 72.8 Å². The van der Waals surface area contributed by atoms with E-state index < -0.39 is 0 Å². The predicted octanol–water partition coefficient (Wildman–Crippen LogP) is 6.06. The summed E-state index contributed by atoms with van der Waals surface area (Å²) in [6, 6.07) is 23.0. The first-order valence-electron chi connectivity index (χ1n) is 7.47. The molecule has 106 valence electrons. The van der Waals surface area contributed by atoms with E-state index in [2.05, 4.69) is 72.8 Å². The van der Waals surface area contributed by atoms with Gasteiger partial charge in [0.05, 0.1) is 0 Å². The molecule has 0 atom stereocenters. The third-order valence-corrected chi connectivity index (χ3v) is 4.04. The zero-order valence-corrected chi connectivity index (χ0v) is 12.4. The molecule has 0 N–H and O–H groups in total. The fraction of sp³-hybridized carbons (Fsp3) is 0.0476. The molecule has 4 aromatic rings. The number of hydrogen-bond donors (Lipinski definition) is 0. The summed E-state index contributed by atoms with van der Waals surface area (Å²) in [6.45, 7) is 2.03. The van der Waals surface area contributed by atoms with E-state index in [9.17, 15) is 0 Å². The van der Waals surface area contributed by atoms with Gasteiger partial charge >= 0.3 is 0 Å². The highest BCUT2D eigenvalue weighted by atomic mass is 16.3. The molecule has 1 aromatic heterocycles. The van der Waals surface area contributed by atoms with Crippen molar-refractivity contribution >= 4 is 33.9 Å². The van der Waals surface area contributed by atoms with Gasteiger partial charge in [-0.25, -0.2) is 0 Å². The van der Waals surface area contributed by atoms with Crippen LogP contribution in [0.5, 0.6) is 0 Å². The van der Waals surface area contributed by atoms with Crippen LogP contribution in [0.15, 0.2) is 71.1 Å². The van der Waals surface area contributed by atoms with Crippen molar-refractivity contribution in [2.24, 2.45) is 0 Å². The fourth-order valence-corrected chi connectivity index (χ4v) is 2.95. The minimum absolute atomic E-state index is 0.948. The Morgan fingerprint density at radius 1 is 0.773 bits per heavy atom. The Bertz CT molecular complexity index is 975. The summed E-state index contributed by atoms with van der Waals surface area (Å²) in [6.07, 6.45) is 4.29. The number of furan rings is 1. The van der Waals surface area contributed by atoms with E-state index in [0.29, 0.717) is 0 Å². The minimum atomic E-state index is 0.948. The molecule has 0 aliphatic rings. The number of fused-ring (bicyclic) bond motifs is 3. The first-order chi connectivity index (χ1) is 10.8. The van der Waals surface area contributed by atoms with Crippen LogP contribution in [-0.4, -0.2) is 0 Å². The summed E-state index contributed by atoms with van der Waals surface area (Å²) in [5.74, 6) is 0.957. The number of hydrogen-bond acceptors (Lipinski definition) is 1. The smallest absolute Gasteiger partial charge is 0.135 e. The Labute approximate surface area is 129 Å². The number of aryl methyl sites for hydroxylation is 1.